The van der Waals surface area contributed by atoms with E-state index in [0.29, 0.717) is 13.0 Å². The van der Waals surface area contributed by atoms with Crippen molar-refractivity contribution in [3.05, 3.63) is 59.7 Å². The third kappa shape index (κ3) is 6.39. The quantitative estimate of drug-likeness (QED) is 0.422. The van der Waals surface area contributed by atoms with E-state index in [0.717, 1.165) is 22.3 Å². The van der Waals surface area contributed by atoms with Gasteiger partial charge in [-0.1, -0.05) is 55.5 Å². The van der Waals surface area contributed by atoms with Crippen LogP contribution < -0.4 is 10.6 Å². The summed E-state index contributed by atoms with van der Waals surface area (Å²) in [5.41, 5.74) is 3.54. The van der Waals surface area contributed by atoms with Crippen molar-refractivity contribution >= 4 is 18.0 Å². The van der Waals surface area contributed by atoms with Crippen molar-refractivity contribution in [3.8, 4) is 11.1 Å². The number of carboxylic acid groups (broad SMARTS) is 1. The second-order valence-electron chi connectivity index (χ2n) is 8.98. The molecule has 2 aromatic carbocycles. The number of aliphatic carboxylic acids is 1. The van der Waals surface area contributed by atoms with Gasteiger partial charge in [-0.25, -0.2) is 4.79 Å². The molecule has 188 valence electrons. The highest BCUT2D eigenvalue weighted by Gasteiger charge is 2.32. The Hall–Kier alpha value is -3.39. The predicted octanol–water partition coefficient (Wildman–Crippen LogP) is 3.94. The van der Waals surface area contributed by atoms with E-state index in [1.54, 1.807) is 20.8 Å². The normalized spacial score (nSPS) is 14.8. The first-order chi connectivity index (χ1) is 16.8. The molecule has 3 N–H and O–H groups in total. The van der Waals surface area contributed by atoms with Crippen molar-refractivity contribution in [2.75, 3.05) is 26.3 Å². The number of carbonyl (C=O) groups excluding carboxylic acids is 2. The molecule has 2 aromatic rings. The molecule has 0 aromatic heterocycles. The minimum atomic E-state index is -1.03. The van der Waals surface area contributed by atoms with Gasteiger partial charge in [-0.15, -0.1) is 0 Å². The number of rotatable bonds is 12. The molecular weight excluding hydrogens is 448 g/mol. The number of benzene rings is 2. The van der Waals surface area contributed by atoms with Crippen LogP contribution in [0.15, 0.2) is 48.5 Å². The van der Waals surface area contributed by atoms with E-state index in [9.17, 15) is 19.5 Å². The number of hydrogen-bond donors (Lipinski definition) is 3. The van der Waals surface area contributed by atoms with Gasteiger partial charge in [0.05, 0.1) is 17.9 Å². The van der Waals surface area contributed by atoms with Gasteiger partial charge in [-0.3, -0.25) is 9.59 Å². The highest BCUT2D eigenvalue weighted by atomic mass is 16.5. The SMILES string of the molecule is CCOC(CNC(=O)OCC1c2ccccc2-c2ccccc21)CC(=O)NCC(C)(CC)C(=O)O. The molecule has 0 saturated heterocycles. The molecule has 0 bridgehead atoms. The van der Waals surface area contributed by atoms with Gasteiger partial charge in [0.2, 0.25) is 5.91 Å². The molecule has 2 unspecified atom stereocenters. The van der Waals surface area contributed by atoms with Crippen LogP contribution in [0.1, 0.15) is 50.7 Å². The maximum Gasteiger partial charge on any atom is 0.407 e. The molecule has 8 nitrogen and oxygen atoms in total. The zero-order valence-electron chi connectivity index (χ0n) is 20.5. The lowest BCUT2D eigenvalue weighted by Crippen LogP contribution is -2.43. The van der Waals surface area contributed by atoms with Gasteiger partial charge in [0.15, 0.2) is 0 Å². The maximum absolute atomic E-state index is 12.4. The monoisotopic (exact) mass is 482 g/mol. The second-order valence-corrected chi connectivity index (χ2v) is 8.98. The second kappa shape index (κ2) is 11.8. The molecule has 0 radical (unpaired) electrons. The van der Waals surface area contributed by atoms with Crippen molar-refractivity contribution < 1.29 is 29.0 Å². The van der Waals surface area contributed by atoms with Crippen molar-refractivity contribution in [1.29, 1.82) is 0 Å². The zero-order chi connectivity index (χ0) is 25.4. The fourth-order valence-electron chi connectivity index (χ4n) is 4.20. The Labute approximate surface area is 206 Å². The first kappa shape index (κ1) is 26.2. The number of fused-ring (bicyclic) bond motifs is 3. The van der Waals surface area contributed by atoms with Crippen LogP contribution in [0.25, 0.3) is 11.1 Å². The number of nitrogens with one attached hydrogen (secondary N) is 2. The third-order valence-corrected chi connectivity index (χ3v) is 6.61. The lowest BCUT2D eigenvalue weighted by Gasteiger charge is -2.24. The maximum atomic E-state index is 12.4. The number of hydrogen-bond acceptors (Lipinski definition) is 5. The topological polar surface area (TPSA) is 114 Å². The summed E-state index contributed by atoms with van der Waals surface area (Å²) in [4.78, 5) is 36.2. The van der Waals surface area contributed by atoms with Gasteiger partial charge in [0, 0.05) is 25.6 Å². The zero-order valence-corrected chi connectivity index (χ0v) is 20.5. The van der Waals surface area contributed by atoms with Crippen molar-refractivity contribution in [2.45, 2.75) is 45.6 Å². The molecule has 0 aliphatic heterocycles. The predicted molar refractivity (Wildman–Crippen MR) is 132 cm³/mol. The Morgan fingerprint density at radius 1 is 1.00 bits per heavy atom. The summed E-state index contributed by atoms with van der Waals surface area (Å²) in [5.74, 6) is -1.33. The molecule has 0 saturated carbocycles. The lowest BCUT2D eigenvalue weighted by molar-refractivity contribution is -0.148. The first-order valence-corrected chi connectivity index (χ1v) is 12.0. The van der Waals surface area contributed by atoms with Gasteiger partial charge >= 0.3 is 12.1 Å². The molecule has 0 fully saturated rings. The minimum absolute atomic E-state index is 0.00307. The van der Waals surface area contributed by atoms with E-state index >= 15 is 0 Å². The largest absolute Gasteiger partial charge is 0.481 e. The van der Waals surface area contributed by atoms with Crippen molar-refractivity contribution in [1.82, 2.24) is 10.6 Å². The van der Waals surface area contributed by atoms with Gasteiger partial charge in [-0.2, -0.15) is 0 Å². The summed E-state index contributed by atoms with van der Waals surface area (Å²) in [6, 6.07) is 16.2. The summed E-state index contributed by atoms with van der Waals surface area (Å²) in [7, 11) is 0. The van der Waals surface area contributed by atoms with Crippen LogP contribution in [0, 0.1) is 5.41 Å². The van der Waals surface area contributed by atoms with Gasteiger partial charge in [0.1, 0.15) is 6.61 Å². The van der Waals surface area contributed by atoms with E-state index in [1.165, 1.54) is 0 Å². The average Bonchev–Trinajstić information content (AvgIpc) is 3.18. The van der Waals surface area contributed by atoms with Gasteiger partial charge in [0.25, 0.3) is 0 Å². The van der Waals surface area contributed by atoms with Crippen LogP contribution in [0.5, 0.6) is 0 Å². The Morgan fingerprint density at radius 2 is 1.60 bits per heavy atom. The molecule has 0 heterocycles. The molecule has 1 aliphatic rings. The van der Waals surface area contributed by atoms with Crippen LogP contribution in [0.3, 0.4) is 0 Å². The number of carboxylic acids is 1. The standard InChI is InChI=1S/C27H34N2O6/c1-4-27(3,25(31)32)17-29-24(30)14-18(34-5-2)15-28-26(33)35-16-23-21-12-8-6-10-19(21)20-11-7-9-13-22(20)23/h6-13,18,23H,4-5,14-17H2,1-3H3,(H,28,33)(H,29,30)(H,31,32). The van der Waals surface area contributed by atoms with Crippen LogP contribution in [0.4, 0.5) is 4.79 Å². The highest BCUT2D eigenvalue weighted by Crippen LogP contribution is 2.44. The third-order valence-electron chi connectivity index (χ3n) is 6.61. The number of amides is 2. The first-order valence-electron chi connectivity index (χ1n) is 12.0. The van der Waals surface area contributed by atoms with E-state index < -0.39 is 23.6 Å². The number of alkyl carbamates (subject to hydrolysis) is 1. The average molecular weight is 483 g/mol. The van der Waals surface area contributed by atoms with Crippen LogP contribution in [-0.4, -0.2) is 55.5 Å². The van der Waals surface area contributed by atoms with Gasteiger partial charge in [-0.05, 0) is 42.5 Å². The van der Waals surface area contributed by atoms with E-state index in [-0.39, 0.29) is 37.9 Å². The van der Waals surface area contributed by atoms with Crippen molar-refractivity contribution in [2.24, 2.45) is 5.41 Å². The number of ether oxygens (including phenoxy) is 2. The smallest absolute Gasteiger partial charge is 0.407 e. The van der Waals surface area contributed by atoms with E-state index in [4.69, 9.17) is 9.47 Å². The highest BCUT2D eigenvalue weighted by molar-refractivity contribution is 5.80. The summed E-state index contributed by atoms with van der Waals surface area (Å²) in [6.07, 6.45) is -0.753. The summed E-state index contributed by atoms with van der Waals surface area (Å²) in [6.45, 7) is 5.85. The Balaban J connectivity index is 1.50. The summed E-state index contributed by atoms with van der Waals surface area (Å²) in [5, 5.41) is 14.7. The van der Waals surface area contributed by atoms with Crippen molar-refractivity contribution in [3.63, 3.8) is 0 Å². The van der Waals surface area contributed by atoms with Gasteiger partial charge < -0.3 is 25.2 Å². The number of carbonyl (C=O) groups is 3. The molecule has 8 heteroatoms. The molecule has 1 aliphatic carbocycles. The fourth-order valence-corrected chi connectivity index (χ4v) is 4.20. The Kier molecular flexibility index (Phi) is 8.87. The lowest BCUT2D eigenvalue weighted by atomic mass is 9.87. The van der Waals surface area contributed by atoms with Crippen LogP contribution >= 0.6 is 0 Å². The molecule has 2 atom stereocenters. The fraction of sp³-hybridized carbons (Fsp3) is 0.444. The minimum Gasteiger partial charge on any atom is -0.481 e. The summed E-state index contributed by atoms with van der Waals surface area (Å²) >= 11 is 0. The van der Waals surface area contributed by atoms with Crippen LogP contribution in [0.2, 0.25) is 0 Å². The molecule has 3 rings (SSSR count). The molecular formula is C27H34N2O6. The molecule has 2 amide bonds. The molecule has 0 spiro atoms. The van der Waals surface area contributed by atoms with E-state index in [2.05, 4.69) is 34.9 Å². The summed E-state index contributed by atoms with van der Waals surface area (Å²) < 4.78 is 11.1. The van der Waals surface area contributed by atoms with Crippen LogP contribution in [-0.2, 0) is 19.1 Å². The molecule has 35 heavy (non-hydrogen) atoms. The Morgan fingerprint density at radius 3 is 2.14 bits per heavy atom. The Bertz CT molecular complexity index is 1010. The van der Waals surface area contributed by atoms with E-state index in [1.807, 2.05) is 24.3 Å².